The van der Waals surface area contributed by atoms with Gasteiger partial charge < -0.3 is 5.73 Å². The van der Waals surface area contributed by atoms with Crippen molar-refractivity contribution in [3.8, 4) is 11.3 Å². The van der Waals surface area contributed by atoms with Crippen molar-refractivity contribution < 1.29 is 0 Å². The molecule has 0 bridgehead atoms. The highest BCUT2D eigenvalue weighted by Gasteiger charge is 2.11. The summed E-state index contributed by atoms with van der Waals surface area (Å²) in [6, 6.07) is 20.2. The van der Waals surface area contributed by atoms with Crippen molar-refractivity contribution in [2.75, 3.05) is 5.73 Å². The molecule has 4 heteroatoms. The minimum atomic E-state index is 0.276. The van der Waals surface area contributed by atoms with Crippen LogP contribution in [0.25, 0.3) is 27.7 Å². The maximum Gasteiger partial charge on any atom is 0.239 e. The Hall–Kier alpha value is -2.88. The SMILES string of the molecule is Nc1nc(-c2ccccc2)c2cc3ccccc3n2n1. The Morgan fingerprint density at radius 2 is 1.60 bits per heavy atom. The number of fused-ring (bicyclic) bond motifs is 3. The van der Waals surface area contributed by atoms with Crippen LogP contribution in [0.4, 0.5) is 5.95 Å². The molecule has 2 aromatic heterocycles. The molecule has 0 aliphatic heterocycles. The number of anilines is 1. The van der Waals surface area contributed by atoms with Gasteiger partial charge in [-0.05, 0) is 12.1 Å². The topological polar surface area (TPSA) is 56.2 Å². The van der Waals surface area contributed by atoms with Crippen molar-refractivity contribution in [3.63, 3.8) is 0 Å². The number of benzene rings is 2. The van der Waals surface area contributed by atoms with Crippen LogP contribution in [0, 0.1) is 0 Å². The highest BCUT2D eigenvalue weighted by molar-refractivity contribution is 5.92. The first kappa shape index (κ1) is 11.0. The third-order valence-electron chi connectivity index (χ3n) is 3.40. The molecule has 0 spiro atoms. The summed E-state index contributed by atoms with van der Waals surface area (Å²) >= 11 is 0. The smallest absolute Gasteiger partial charge is 0.239 e. The third-order valence-corrected chi connectivity index (χ3v) is 3.40. The number of nitrogen functional groups attached to an aromatic ring is 1. The molecule has 2 N–H and O–H groups in total. The molecule has 20 heavy (non-hydrogen) atoms. The molecule has 0 unspecified atom stereocenters. The summed E-state index contributed by atoms with van der Waals surface area (Å²) in [7, 11) is 0. The van der Waals surface area contributed by atoms with Crippen molar-refractivity contribution in [1.82, 2.24) is 14.6 Å². The van der Waals surface area contributed by atoms with Gasteiger partial charge in [0.15, 0.2) is 0 Å². The van der Waals surface area contributed by atoms with Crippen LogP contribution < -0.4 is 5.73 Å². The Morgan fingerprint density at radius 1 is 0.850 bits per heavy atom. The highest BCUT2D eigenvalue weighted by atomic mass is 15.3. The standard InChI is InChI=1S/C16H12N4/c17-16-18-15(11-6-2-1-3-7-11)14-10-12-8-4-5-9-13(12)20(14)19-16/h1-10H,(H2,17,19). The van der Waals surface area contributed by atoms with Crippen molar-refractivity contribution >= 4 is 22.4 Å². The number of para-hydroxylation sites is 1. The molecule has 0 saturated heterocycles. The maximum absolute atomic E-state index is 5.87. The Balaban J connectivity index is 2.16. The van der Waals surface area contributed by atoms with E-state index in [9.17, 15) is 0 Å². The van der Waals surface area contributed by atoms with E-state index in [1.807, 2.05) is 53.0 Å². The van der Waals surface area contributed by atoms with Gasteiger partial charge in [0.2, 0.25) is 5.95 Å². The predicted octanol–water partition coefficient (Wildman–Crippen LogP) is 3.13. The second kappa shape index (κ2) is 4.06. The van der Waals surface area contributed by atoms with Gasteiger partial charge in [-0.15, -0.1) is 5.10 Å². The lowest BCUT2D eigenvalue weighted by Gasteiger charge is -2.05. The Morgan fingerprint density at radius 3 is 2.45 bits per heavy atom. The molecule has 0 aliphatic rings. The van der Waals surface area contributed by atoms with Crippen LogP contribution in [-0.2, 0) is 0 Å². The number of rotatable bonds is 1. The molecule has 4 aromatic rings. The first-order valence-electron chi connectivity index (χ1n) is 6.42. The summed E-state index contributed by atoms with van der Waals surface area (Å²) < 4.78 is 1.86. The average Bonchev–Trinajstić information content (AvgIpc) is 2.86. The number of nitrogens with two attached hydrogens (primary N) is 1. The van der Waals surface area contributed by atoms with Crippen molar-refractivity contribution in [1.29, 1.82) is 0 Å². The Bertz CT molecular complexity index is 910. The van der Waals surface area contributed by atoms with Crippen LogP contribution in [0.2, 0.25) is 0 Å². The van der Waals surface area contributed by atoms with Gasteiger partial charge in [0.05, 0.1) is 11.0 Å². The largest absolute Gasteiger partial charge is 0.367 e. The lowest BCUT2D eigenvalue weighted by molar-refractivity contribution is 0.949. The first-order chi connectivity index (χ1) is 9.83. The summed E-state index contributed by atoms with van der Waals surface area (Å²) in [5, 5.41) is 5.46. The van der Waals surface area contributed by atoms with Gasteiger partial charge >= 0.3 is 0 Å². The molecule has 2 aromatic carbocycles. The summed E-state index contributed by atoms with van der Waals surface area (Å²) in [4.78, 5) is 4.41. The molecule has 0 aliphatic carbocycles. The summed E-state index contributed by atoms with van der Waals surface area (Å²) in [6.45, 7) is 0. The number of hydrogen-bond acceptors (Lipinski definition) is 3. The van der Waals surface area contributed by atoms with Gasteiger partial charge in [0, 0.05) is 10.9 Å². The van der Waals surface area contributed by atoms with Crippen LogP contribution in [0.15, 0.2) is 60.7 Å². The average molecular weight is 260 g/mol. The van der Waals surface area contributed by atoms with Gasteiger partial charge in [0.1, 0.15) is 5.69 Å². The summed E-state index contributed by atoms with van der Waals surface area (Å²) in [5.74, 6) is 0.276. The number of nitrogens with zero attached hydrogens (tertiary/aromatic N) is 3. The molecule has 0 saturated carbocycles. The van der Waals surface area contributed by atoms with E-state index in [2.05, 4.69) is 22.2 Å². The van der Waals surface area contributed by atoms with E-state index in [0.717, 1.165) is 27.7 Å². The molecule has 96 valence electrons. The van der Waals surface area contributed by atoms with Gasteiger partial charge in [-0.2, -0.15) is 0 Å². The van der Waals surface area contributed by atoms with Crippen LogP contribution >= 0.6 is 0 Å². The number of aromatic nitrogens is 3. The minimum absolute atomic E-state index is 0.276. The zero-order chi connectivity index (χ0) is 13.5. The van der Waals surface area contributed by atoms with Crippen molar-refractivity contribution in [2.45, 2.75) is 0 Å². The molecule has 4 rings (SSSR count). The van der Waals surface area contributed by atoms with E-state index in [0.29, 0.717) is 0 Å². The fourth-order valence-electron chi connectivity index (χ4n) is 2.52. The monoisotopic (exact) mass is 260 g/mol. The van der Waals surface area contributed by atoms with E-state index in [1.165, 1.54) is 0 Å². The lowest BCUT2D eigenvalue weighted by atomic mass is 10.1. The van der Waals surface area contributed by atoms with Crippen molar-refractivity contribution in [3.05, 3.63) is 60.7 Å². The molecule has 0 radical (unpaired) electrons. The molecular weight excluding hydrogens is 248 g/mol. The fraction of sp³-hybridized carbons (Fsp3) is 0. The summed E-state index contributed by atoms with van der Waals surface area (Å²) in [6.07, 6.45) is 0. The molecule has 2 heterocycles. The molecule has 0 atom stereocenters. The van der Waals surface area contributed by atoms with Crippen LogP contribution in [-0.4, -0.2) is 14.6 Å². The predicted molar refractivity (Wildman–Crippen MR) is 80.3 cm³/mol. The second-order valence-electron chi connectivity index (χ2n) is 4.68. The molecule has 0 fully saturated rings. The van der Waals surface area contributed by atoms with E-state index < -0.39 is 0 Å². The Labute approximate surface area is 115 Å². The molecular formula is C16H12N4. The van der Waals surface area contributed by atoms with E-state index in [1.54, 1.807) is 0 Å². The quantitative estimate of drug-likeness (QED) is 0.572. The highest BCUT2D eigenvalue weighted by Crippen LogP contribution is 2.27. The van der Waals surface area contributed by atoms with Crippen LogP contribution in [0.5, 0.6) is 0 Å². The zero-order valence-electron chi connectivity index (χ0n) is 10.7. The third kappa shape index (κ3) is 1.55. The fourth-order valence-corrected chi connectivity index (χ4v) is 2.52. The number of hydrogen-bond donors (Lipinski definition) is 1. The zero-order valence-corrected chi connectivity index (χ0v) is 10.7. The van der Waals surface area contributed by atoms with Crippen LogP contribution in [0.3, 0.4) is 0 Å². The van der Waals surface area contributed by atoms with Gasteiger partial charge in [-0.25, -0.2) is 9.50 Å². The van der Waals surface area contributed by atoms with Gasteiger partial charge in [-0.3, -0.25) is 0 Å². The van der Waals surface area contributed by atoms with E-state index >= 15 is 0 Å². The van der Waals surface area contributed by atoms with Gasteiger partial charge in [0.25, 0.3) is 0 Å². The maximum atomic E-state index is 5.87. The lowest BCUT2D eigenvalue weighted by Crippen LogP contribution is -2.03. The van der Waals surface area contributed by atoms with Gasteiger partial charge in [-0.1, -0.05) is 48.5 Å². The van der Waals surface area contributed by atoms with E-state index in [-0.39, 0.29) is 5.95 Å². The first-order valence-corrected chi connectivity index (χ1v) is 6.42. The van der Waals surface area contributed by atoms with Crippen LogP contribution in [0.1, 0.15) is 0 Å². The van der Waals surface area contributed by atoms with Crippen molar-refractivity contribution in [2.24, 2.45) is 0 Å². The van der Waals surface area contributed by atoms with E-state index in [4.69, 9.17) is 5.73 Å². The normalized spacial score (nSPS) is 11.2. The Kier molecular flexibility index (Phi) is 2.23. The summed E-state index contributed by atoms with van der Waals surface area (Å²) in [5.41, 5.74) is 9.76. The molecule has 4 nitrogen and oxygen atoms in total. The molecule has 0 amide bonds. The second-order valence-corrected chi connectivity index (χ2v) is 4.68. The minimum Gasteiger partial charge on any atom is -0.367 e.